The maximum atomic E-state index is 13.3. The van der Waals surface area contributed by atoms with E-state index in [2.05, 4.69) is 31.9 Å². The number of aliphatic hydroxyl groups is 2. The van der Waals surface area contributed by atoms with Gasteiger partial charge in [0.2, 0.25) is 17.7 Å². The SMILES string of the molecule is CC(C)(O)CN1Cc2ccc(NC(=O)/C=C3\CC4(CCC4)Oc4cc(C(F)(F)F)ccc43)cc2NC1=O.CCC1(CC)C/C(=C\C(=O)Nc2ccc3c(c2)NC(=O)N(CC(C)(C)O)C3)c2ccc(C(F)(F)F)cc2O1.O=C(/C=C1\CCCOc2cc(C(F)(F)F)ccc21)Nc1ccc2c(c1)NC(=O)N(CC1CCCO1)C2. The summed E-state index contributed by atoms with van der Waals surface area (Å²) in [6.45, 7) is 13.3. The van der Waals surface area contributed by atoms with Crippen LogP contribution in [0.2, 0.25) is 0 Å². The lowest BCUT2D eigenvalue weighted by Crippen LogP contribution is -2.46. The topological polar surface area (TPSA) is 262 Å². The molecule has 0 aromatic heterocycles. The minimum absolute atomic E-state index is 0.0588. The molecule has 30 heteroatoms. The third-order valence-electron chi connectivity index (χ3n) is 20.4. The first kappa shape index (κ1) is 79.9. The Hall–Kier alpha value is -10.6. The molecular weight excluding hydrogens is 1460 g/mol. The molecule has 1 saturated carbocycles. The van der Waals surface area contributed by atoms with E-state index in [0.29, 0.717) is 132 Å². The van der Waals surface area contributed by atoms with Crippen molar-refractivity contribution in [3.8, 4) is 17.2 Å². The molecule has 6 aromatic carbocycles. The number of halogens is 9. The third-order valence-corrected chi connectivity index (χ3v) is 20.4. The van der Waals surface area contributed by atoms with E-state index in [1.54, 1.807) is 81.1 Å². The maximum Gasteiger partial charge on any atom is 0.416 e. The number of β-amino-alcohol motifs (C(OH)–C–C–N with tert-alkyl or cyclic N) is 2. The zero-order valence-corrected chi connectivity index (χ0v) is 61.9. The van der Waals surface area contributed by atoms with Gasteiger partial charge in [-0.05, 0) is 192 Å². The quantitative estimate of drug-likeness (QED) is 0.0374. The number of alkyl halides is 9. The van der Waals surface area contributed by atoms with Crippen LogP contribution in [0.3, 0.4) is 0 Å². The second kappa shape index (κ2) is 31.6. The number of urea groups is 3. The average Bonchev–Trinajstić information content (AvgIpc) is 1.44. The molecule has 0 radical (unpaired) electrons. The number of nitrogens with zero attached hydrogens (tertiary/aromatic N) is 3. The smallest absolute Gasteiger partial charge is 0.416 e. The first-order chi connectivity index (χ1) is 52.3. The molecule has 1 saturated heterocycles. The van der Waals surface area contributed by atoms with Crippen molar-refractivity contribution in [1.29, 1.82) is 0 Å². The molecule has 7 heterocycles. The van der Waals surface area contributed by atoms with Crippen LogP contribution in [0, 0.1) is 0 Å². The normalized spacial score (nSPS) is 19.3. The second-order valence-electron chi connectivity index (χ2n) is 30.3. The highest BCUT2D eigenvalue weighted by molar-refractivity contribution is 6.07. The van der Waals surface area contributed by atoms with Crippen LogP contribution in [-0.2, 0) is 57.3 Å². The Labute approximate surface area is 634 Å². The van der Waals surface area contributed by atoms with Crippen LogP contribution in [0.4, 0.5) is 88.0 Å². The molecule has 1 aliphatic carbocycles. The van der Waals surface area contributed by atoms with Gasteiger partial charge >= 0.3 is 36.6 Å². The van der Waals surface area contributed by atoms with Crippen molar-refractivity contribution < 1.29 is 97.4 Å². The number of benzene rings is 6. The van der Waals surface area contributed by atoms with Crippen LogP contribution in [0.15, 0.2) is 127 Å². The molecular formula is C81H86F9N9O12. The van der Waals surface area contributed by atoms with E-state index >= 15 is 0 Å². The van der Waals surface area contributed by atoms with Gasteiger partial charge in [-0.1, -0.05) is 50.2 Å². The highest BCUT2D eigenvalue weighted by Gasteiger charge is 2.46. The Morgan fingerprint density at radius 3 is 1.32 bits per heavy atom. The van der Waals surface area contributed by atoms with Gasteiger partial charge in [0.15, 0.2) is 0 Å². The van der Waals surface area contributed by atoms with E-state index in [1.165, 1.54) is 46.2 Å². The van der Waals surface area contributed by atoms with Crippen LogP contribution in [-0.4, -0.2) is 122 Å². The first-order valence-electron chi connectivity index (χ1n) is 36.6. The van der Waals surface area contributed by atoms with Gasteiger partial charge in [0, 0.05) is 115 Å². The molecule has 2 fully saturated rings. The summed E-state index contributed by atoms with van der Waals surface area (Å²) < 4.78 is 142. The predicted molar refractivity (Wildman–Crippen MR) is 398 cm³/mol. The van der Waals surface area contributed by atoms with Crippen molar-refractivity contribution in [1.82, 2.24) is 14.7 Å². The zero-order valence-electron chi connectivity index (χ0n) is 61.9. The molecule has 111 heavy (non-hydrogen) atoms. The minimum Gasteiger partial charge on any atom is -0.493 e. The van der Waals surface area contributed by atoms with Crippen molar-refractivity contribution in [2.45, 2.75) is 179 Å². The summed E-state index contributed by atoms with van der Waals surface area (Å²) in [4.78, 5) is 81.0. The number of amides is 9. The summed E-state index contributed by atoms with van der Waals surface area (Å²) in [5.74, 6) is -0.916. The van der Waals surface area contributed by atoms with Gasteiger partial charge in [0.05, 0.1) is 53.7 Å². The number of hydrogen-bond acceptors (Lipinski definition) is 12. The van der Waals surface area contributed by atoms with E-state index in [-0.39, 0.29) is 61.1 Å². The van der Waals surface area contributed by atoms with E-state index in [9.17, 15) is 78.5 Å². The Morgan fingerprint density at radius 1 is 0.505 bits per heavy atom. The summed E-state index contributed by atoms with van der Waals surface area (Å²) in [6, 6.07) is 24.7. The third kappa shape index (κ3) is 19.6. The Bertz CT molecular complexity index is 4700. The first-order valence-corrected chi connectivity index (χ1v) is 36.6. The molecule has 0 bridgehead atoms. The van der Waals surface area contributed by atoms with Gasteiger partial charge in [-0.25, -0.2) is 14.4 Å². The second-order valence-corrected chi connectivity index (χ2v) is 30.3. The Balaban J connectivity index is 0.000000155. The largest absolute Gasteiger partial charge is 0.493 e. The molecule has 7 aliphatic heterocycles. The number of ether oxygens (including phenoxy) is 4. The minimum atomic E-state index is -4.51. The molecule has 8 N–H and O–H groups in total. The summed E-state index contributed by atoms with van der Waals surface area (Å²) in [5, 5.41) is 36.9. The van der Waals surface area contributed by atoms with Crippen LogP contribution >= 0.6 is 0 Å². The summed E-state index contributed by atoms with van der Waals surface area (Å²) in [7, 11) is 0. The monoisotopic (exact) mass is 1550 g/mol. The number of hydrogen-bond donors (Lipinski definition) is 8. The van der Waals surface area contributed by atoms with E-state index < -0.39 is 75.3 Å². The molecule has 590 valence electrons. The molecule has 6 aromatic rings. The summed E-state index contributed by atoms with van der Waals surface area (Å²) in [5.41, 5.74) is 3.24. The zero-order chi connectivity index (χ0) is 79.8. The van der Waals surface area contributed by atoms with Crippen molar-refractivity contribution in [3.63, 3.8) is 0 Å². The summed E-state index contributed by atoms with van der Waals surface area (Å²) >= 11 is 0. The number of nitrogens with one attached hydrogen (secondary N) is 6. The molecule has 1 unspecified atom stereocenters. The van der Waals surface area contributed by atoms with Crippen LogP contribution in [0.25, 0.3) is 16.7 Å². The van der Waals surface area contributed by atoms with Crippen molar-refractivity contribution in [3.05, 3.63) is 177 Å². The number of allylic oxidation sites excluding steroid dienone is 1. The fourth-order valence-corrected chi connectivity index (χ4v) is 14.6. The maximum absolute atomic E-state index is 13.3. The molecule has 1 spiro atoms. The Morgan fingerprint density at radius 2 is 0.910 bits per heavy atom. The lowest BCUT2D eigenvalue weighted by Gasteiger charge is -2.46. The van der Waals surface area contributed by atoms with Crippen LogP contribution < -0.4 is 46.1 Å². The standard InChI is InChI=1S/C28H32F3N3O4.C27H28F3N3O4.C26H26F3N3O4/c1-5-27(6-2)14-18(21-10-8-19(28(29,30)31)12-23(21)38-27)11-24(35)32-20-9-7-17-15-34(16-26(3,4)37)25(36)33-22(17)13-20;1-25(2,36)15-33-14-16-4-6-19(12-21(16)32-24(33)35)31-23(34)10-17-13-26(8-3-9-26)37-22-11-18(27(28,29)30)5-7-20(17)22;27-26(28,29)18-6-8-21-16(3-1-10-36-23(21)12-18)11-24(33)30-19-7-5-17-14-32(15-20-4-2-9-35-20)25(34)31-22(17)13-19/h7-13,37H,5-6,14-16H2,1-4H3,(H,32,35)(H,33,36);4-7,10-12,36H,3,8-9,13-15H2,1-2H3,(H,31,34)(H,32,35);5-8,11-13,20H,1-4,9-10,14-15H2,(H,30,33)(H,31,34)/b18-11+;17-10+;16-11+. The van der Waals surface area contributed by atoms with Gasteiger partial charge in [0.1, 0.15) is 28.5 Å². The van der Waals surface area contributed by atoms with Gasteiger partial charge in [-0.15, -0.1) is 0 Å². The highest BCUT2D eigenvalue weighted by atomic mass is 19.4. The highest BCUT2D eigenvalue weighted by Crippen LogP contribution is 2.51. The lowest BCUT2D eigenvalue weighted by molar-refractivity contribution is -0.138. The van der Waals surface area contributed by atoms with Crippen LogP contribution in [0.1, 0.15) is 162 Å². The number of carbonyl (C=O) groups excluding carboxylic acids is 6. The average molecular weight is 1550 g/mol. The van der Waals surface area contributed by atoms with Gasteiger partial charge in [-0.2, -0.15) is 39.5 Å². The number of rotatable bonds is 14. The number of anilines is 6. The van der Waals surface area contributed by atoms with Crippen molar-refractivity contribution >= 4 is 86.7 Å². The fraction of sp³-hybridized carbons (Fsp3) is 0.407. The van der Waals surface area contributed by atoms with E-state index in [0.717, 1.165) is 91.8 Å². The van der Waals surface area contributed by atoms with Gasteiger partial charge in [0.25, 0.3) is 0 Å². The van der Waals surface area contributed by atoms with Crippen molar-refractivity contribution in [2.75, 3.05) is 64.7 Å². The fourth-order valence-electron chi connectivity index (χ4n) is 14.6. The van der Waals surface area contributed by atoms with Crippen LogP contribution in [0.5, 0.6) is 17.2 Å². The van der Waals surface area contributed by atoms with E-state index in [4.69, 9.17) is 18.9 Å². The molecule has 21 nitrogen and oxygen atoms in total. The number of carbonyl (C=O) groups is 6. The Kier molecular flexibility index (Phi) is 22.8. The predicted octanol–water partition coefficient (Wildman–Crippen LogP) is 17.2. The van der Waals surface area contributed by atoms with Crippen molar-refractivity contribution in [2.24, 2.45) is 0 Å². The molecule has 14 rings (SSSR count). The lowest BCUT2D eigenvalue weighted by atomic mass is 9.72. The summed E-state index contributed by atoms with van der Waals surface area (Å²) in [6.07, 6.45) is -1.90. The van der Waals surface area contributed by atoms with Gasteiger partial charge < -0.3 is 75.8 Å². The van der Waals surface area contributed by atoms with Gasteiger partial charge in [-0.3, -0.25) is 14.4 Å². The van der Waals surface area contributed by atoms with E-state index in [1.807, 2.05) is 19.9 Å². The number of fused-ring (bicyclic) bond motifs is 6. The molecule has 1 atom stereocenters. The molecule has 9 amide bonds. The molecule has 8 aliphatic rings.